The first-order valence-electron chi connectivity index (χ1n) is 5.90. The number of nitrogens with zero attached hydrogens (tertiary/aromatic N) is 1. The van der Waals surface area contributed by atoms with Gasteiger partial charge in [-0.05, 0) is 43.7 Å². The van der Waals surface area contributed by atoms with Gasteiger partial charge < -0.3 is 9.88 Å². The van der Waals surface area contributed by atoms with Crippen molar-refractivity contribution in [2.45, 2.75) is 26.8 Å². The summed E-state index contributed by atoms with van der Waals surface area (Å²) in [5.41, 5.74) is 5.53. The molecule has 1 N–H and O–H groups in total. The molecule has 1 heterocycles. The van der Waals surface area contributed by atoms with E-state index >= 15 is 0 Å². The molecule has 0 fully saturated rings. The van der Waals surface area contributed by atoms with Gasteiger partial charge in [-0.2, -0.15) is 0 Å². The Hall–Kier alpha value is -1.28. The highest BCUT2D eigenvalue weighted by Crippen LogP contribution is 2.26. The van der Waals surface area contributed by atoms with Crippen LogP contribution in [0, 0.1) is 6.92 Å². The number of aromatic nitrogens is 1. The standard InChI is InChI=1S/C14H20N2/c1-5-11-6-7-14-12(8-11)13(9-15-3)10(2)16(14)4/h6-8,15H,5,9H2,1-4H3. The van der Waals surface area contributed by atoms with Crippen molar-refractivity contribution < 1.29 is 0 Å². The molecule has 0 unspecified atom stereocenters. The van der Waals surface area contributed by atoms with E-state index in [1.54, 1.807) is 0 Å². The fraction of sp³-hybridized carbons (Fsp3) is 0.429. The fourth-order valence-electron chi connectivity index (χ4n) is 2.32. The molecule has 0 amide bonds. The summed E-state index contributed by atoms with van der Waals surface area (Å²) in [6.07, 6.45) is 1.10. The van der Waals surface area contributed by atoms with Crippen LogP contribution in [0.15, 0.2) is 18.2 Å². The van der Waals surface area contributed by atoms with Gasteiger partial charge in [0.2, 0.25) is 0 Å². The number of rotatable bonds is 3. The topological polar surface area (TPSA) is 17.0 Å². The molecule has 16 heavy (non-hydrogen) atoms. The second-order valence-corrected chi connectivity index (χ2v) is 4.36. The van der Waals surface area contributed by atoms with Gasteiger partial charge in [0.15, 0.2) is 0 Å². The van der Waals surface area contributed by atoms with Gasteiger partial charge >= 0.3 is 0 Å². The van der Waals surface area contributed by atoms with E-state index in [0.717, 1.165) is 13.0 Å². The van der Waals surface area contributed by atoms with Crippen molar-refractivity contribution in [3.8, 4) is 0 Å². The minimum Gasteiger partial charge on any atom is -0.348 e. The molecule has 86 valence electrons. The number of hydrogen-bond donors (Lipinski definition) is 1. The Bertz CT molecular complexity index is 509. The van der Waals surface area contributed by atoms with Crippen LogP contribution in [0.4, 0.5) is 0 Å². The van der Waals surface area contributed by atoms with Gasteiger partial charge in [-0.3, -0.25) is 0 Å². The Morgan fingerprint density at radius 3 is 2.69 bits per heavy atom. The van der Waals surface area contributed by atoms with Crippen LogP contribution < -0.4 is 5.32 Å². The van der Waals surface area contributed by atoms with E-state index < -0.39 is 0 Å². The third kappa shape index (κ3) is 1.63. The van der Waals surface area contributed by atoms with Crippen LogP contribution in [0.3, 0.4) is 0 Å². The second kappa shape index (κ2) is 4.30. The SMILES string of the molecule is CCc1ccc2c(c1)c(CNC)c(C)n2C. The highest BCUT2D eigenvalue weighted by molar-refractivity contribution is 5.86. The Labute approximate surface area is 97.3 Å². The number of aryl methyl sites for hydroxylation is 2. The predicted octanol–water partition coefficient (Wildman–Crippen LogP) is 2.77. The lowest BCUT2D eigenvalue weighted by Crippen LogP contribution is -2.06. The Kier molecular flexibility index (Phi) is 3.01. The maximum absolute atomic E-state index is 3.25. The van der Waals surface area contributed by atoms with Crippen LogP contribution >= 0.6 is 0 Å². The summed E-state index contributed by atoms with van der Waals surface area (Å²) in [6, 6.07) is 6.79. The molecule has 0 aliphatic rings. The quantitative estimate of drug-likeness (QED) is 0.835. The molecule has 0 aliphatic heterocycles. The maximum atomic E-state index is 3.25. The van der Waals surface area contributed by atoms with Crippen LogP contribution in [-0.2, 0) is 20.0 Å². The summed E-state index contributed by atoms with van der Waals surface area (Å²) < 4.78 is 2.28. The third-order valence-corrected chi connectivity index (χ3v) is 3.45. The van der Waals surface area contributed by atoms with E-state index in [9.17, 15) is 0 Å². The second-order valence-electron chi connectivity index (χ2n) is 4.36. The Morgan fingerprint density at radius 2 is 2.06 bits per heavy atom. The largest absolute Gasteiger partial charge is 0.348 e. The van der Waals surface area contributed by atoms with E-state index in [2.05, 4.69) is 49.0 Å². The molecule has 1 aromatic heterocycles. The Morgan fingerprint density at radius 1 is 1.31 bits per heavy atom. The first-order valence-corrected chi connectivity index (χ1v) is 5.90. The average Bonchev–Trinajstić information content (AvgIpc) is 2.54. The number of hydrogen-bond acceptors (Lipinski definition) is 1. The van der Waals surface area contributed by atoms with E-state index in [0.29, 0.717) is 0 Å². The molecule has 1 aromatic carbocycles. The average molecular weight is 216 g/mol. The van der Waals surface area contributed by atoms with Crippen molar-refractivity contribution in [1.29, 1.82) is 0 Å². The van der Waals surface area contributed by atoms with Gasteiger partial charge in [-0.25, -0.2) is 0 Å². The molecule has 0 aliphatic carbocycles. The molecular weight excluding hydrogens is 196 g/mol. The number of fused-ring (bicyclic) bond motifs is 1. The maximum Gasteiger partial charge on any atom is 0.0483 e. The summed E-state index contributed by atoms with van der Waals surface area (Å²) in [7, 11) is 4.14. The summed E-state index contributed by atoms with van der Waals surface area (Å²) in [4.78, 5) is 0. The molecule has 2 aromatic rings. The highest BCUT2D eigenvalue weighted by Gasteiger charge is 2.10. The Balaban J connectivity index is 2.70. The van der Waals surface area contributed by atoms with Gasteiger partial charge in [-0.1, -0.05) is 13.0 Å². The molecule has 2 heteroatoms. The van der Waals surface area contributed by atoms with Crippen molar-refractivity contribution >= 4 is 10.9 Å². The number of benzene rings is 1. The van der Waals surface area contributed by atoms with E-state index in [4.69, 9.17) is 0 Å². The van der Waals surface area contributed by atoms with Crippen LogP contribution in [0.25, 0.3) is 10.9 Å². The van der Waals surface area contributed by atoms with Crippen molar-refractivity contribution in [3.63, 3.8) is 0 Å². The van der Waals surface area contributed by atoms with Gasteiger partial charge in [-0.15, -0.1) is 0 Å². The van der Waals surface area contributed by atoms with E-state index in [1.165, 1.54) is 27.7 Å². The minimum absolute atomic E-state index is 0.941. The molecule has 0 saturated carbocycles. The zero-order valence-corrected chi connectivity index (χ0v) is 10.6. The van der Waals surface area contributed by atoms with Crippen molar-refractivity contribution in [2.24, 2.45) is 7.05 Å². The smallest absolute Gasteiger partial charge is 0.0483 e. The molecule has 0 spiro atoms. The fourth-order valence-corrected chi connectivity index (χ4v) is 2.32. The normalized spacial score (nSPS) is 11.2. The lowest BCUT2D eigenvalue weighted by Gasteiger charge is -2.01. The first kappa shape index (κ1) is 11.2. The molecule has 0 radical (unpaired) electrons. The summed E-state index contributed by atoms with van der Waals surface area (Å²) >= 11 is 0. The van der Waals surface area contributed by atoms with Gasteiger partial charge in [0.25, 0.3) is 0 Å². The lowest BCUT2D eigenvalue weighted by atomic mass is 10.1. The van der Waals surface area contributed by atoms with Gasteiger partial charge in [0.05, 0.1) is 0 Å². The number of nitrogens with one attached hydrogen (secondary N) is 1. The first-order chi connectivity index (χ1) is 7.69. The van der Waals surface area contributed by atoms with E-state index in [1.807, 2.05) is 7.05 Å². The molecule has 0 atom stereocenters. The van der Waals surface area contributed by atoms with Crippen LogP contribution in [0.5, 0.6) is 0 Å². The zero-order chi connectivity index (χ0) is 11.7. The van der Waals surface area contributed by atoms with Crippen molar-refractivity contribution in [3.05, 3.63) is 35.0 Å². The van der Waals surface area contributed by atoms with Crippen LogP contribution in [0.2, 0.25) is 0 Å². The monoisotopic (exact) mass is 216 g/mol. The van der Waals surface area contributed by atoms with E-state index in [-0.39, 0.29) is 0 Å². The van der Waals surface area contributed by atoms with Crippen LogP contribution in [-0.4, -0.2) is 11.6 Å². The lowest BCUT2D eigenvalue weighted by molar-refractivity contribution is 0.801. The van der Waals surface area contributed by atoms with Crippen LogP contribution in [0.1, 0.15) is 23.7 Å². The molecule has 2 nitrogen and oxygen atoms in total. The highest BCUT2D eigenvalue weighted by atomic mass is 15.0. The predicted molar refractivity (Wildman–Crippen MR) is 69.8 cm³/mol. The van der Waals surface area contributed by atoms with Gasteiger partial charge in [0, 0.05) is 30.2 Å². The summed E-state index contributed by atoms with van der Waals surface area (Å²) in [5, 5.41) is 4.65. The minimum atomic E-state index is 0.941. The van der Waals surface area contributed by atoms with Gasteiger partial charge in [0.1, 0.15) is 0 Å². The molecule has 0 saturated heterocycles. The zero-order valence-electron chi connectivity index (χ0n) is 10.6. The third-order valence-electron chi connectivity index (χ3n) is 3.45. The molecular formula is C14H20N2. The molecule has 0 bridgehead atoms. The van der Waals surface area contributed by atoms with Crippen molar-refractivity contribution in [1.82, 2.24) is 9.88 Å². The summed E-state index contributed by atoms with van der Waals surface area (Å²) in [5.74, 6) is 0. The summed E-state index contributed by atoms with van der Waals surface area (Å²) in [6.45, 7) is 5.34. The van der Waals surface area contributed by atoms with Crippen molar-refractivity contribution in [2.75, 3.05) is 7.05 Å². The molecule has 2 rings (SSSR count).